The molecule has 1 atom stereocenters. The summed E-state index contributed by atoms with van der Waals surface area (Å²) in [5.74, 6) is 0.745. The van der Waals surface area contributed by atoms with Crippen LogP contribution in [0.15, 0.2) is 48.5 Å². The molecular formula is C18H20O4S. The molecule has 1 N–H and O–H groups in total. The zero-order chi connectivity index (χ0) is 16.7. The largest absolute Gasteiger partial charge is 0.494 e. The van der Waals surface area contributed by atoms with Gasteiger partial charge in [0, 0.05) is 22.3 Å². The molecule has 0 aliphatic carbocycles. The lowest BCUT2D eigenvalue weighted by molar-refractivity contribution is 0.0696. The van der Waals surface area contributed by atoms with E-state index in [2.05, 4.69) is 0 Å². The van der Waals surface area contributed by atoms with Gasteiger partial charge in [-0.3, -0.25) is 4.21 Å². The average molecular weight is 332 g/mol. The Balaban J connectivity index is 1.74. The molecule has 0 aliphatic rings. The number of ether oxygens (including phenoxy) is 1. The molecule has 0 saturated heterocycles. The number of hydrogen-bond donors (Lipinski definition) is 1. The van der Waals surface area contributed by atoms with Gasteiger partial charge in [0.15, 0.2) is 0 Å². The molecule has 0 aromatic heterocycles. The van der Waals surface area contributed by atoms with Gasteiger partial charge in [-0.2, -0.15) is 0 Å². The van der Waals surface area contributed by atoms with E-state index in [1.54, 1.807) is 18.2 Å². The molecule has 0 heterocycles. The number of carboxylic acids is 1. The van der Waals surface area contributed by atoms with E-state index in [-0.39, 0.29) is 5.56 Å². The van der Waals surface area contributed by atoms with Crippen LogP contribution in [-0.2, 0) is 16.6 Å². The molecule has 5 heteroatoms. The highest BCUT2D eigenvalue weighted by atomic mass is 32.2. The van der Waals surface area contributed by atoms with E-state index in [0.717, 1.165) is 11.3 Å². The lowest BCUT2D eigenvalue weighted by Crippen LogP contribution is -2.07. The maximum atomic E-state index is 12.1. The van der Waals surface area contributed by atoms with E-state index in [1.165, 1.54) is 11.6 Å². The summed E-state index contributed by atoms with van der Waals surface area (Å²) >= 11 is 0. The van der Waals surface area contributed by atoms with Crippen molar-refractivity contribution in [2.75, 3.05) is 12.4 Å². The molecule has 1 unspecified atom stereocenters. The van der Waals surface area contributed by atoms with Crippen LogP contribution in [0.1, 0.15) is 27.9 Å². The molecular weight excluding hydrogens is 312 g/mol. The Kier molecular flexibility index (Phi) is 6.35. The predicted molar refractivity (Wildman–Crippen MR) is 91.4 cm³/mol. The van der Waals surface area contributed by atoms with Gasteiger partial charge < -0.3 is 9.84 Å². The van der Waals surface area contributed by atoms with Gasteiger partial charge in [-0.1, -0.05) is 29.8 Å². The normalized spacial score (nSPS) is 11.9. The van der Waals surface area contributed by atoms with Gasteiger partial charge >= 0.3 is 5.97 Å². The van der Waals surface area contributed by atoms with Crippen molar-refractivity contribution in [2.24, 2.45) is 0 Å². The van der Waals surface area contributed by atoms with Crippen LogP contribution in [0.4, 0.5) is 0 Å². The topological polar surface area (TPSA) is 63.6 Å². The van der Waals surface area contributed by atoms with Crippen LogP contribution in [-0.4, -0.2) is 27.6 Å². The molecule has 4 nitrogen and oxygen atoms in total. The number of aromatic carboxylic acids is 1. The predicted octanol–water partition coefficient (Wildman–Crippen LogP) is 3.41. The maximum absolute atomic E-state index is 12.1. The number of aryl methyl sites for hydroxylation is 1. The Morgan fingerprint density at radius 3 is 2.61 bits per heavy atom. The van der Waals surface area contributed by atoms with Gasteiger partial charge in [0.25, 0.3) is 0 Å². The van der Waals surface area contributed by atoms with Gasteiger partial charge in [-0.15, -0.1) is 0 Å². The van der Waals surface area contributed by atoms with Crippen molar-refractivity contribution in [1.29, 1.82) is 0 Å². The molecule has 23 heavy (non-hydrogen) atoms. The van der Waals surface area contributed by atoms with E-state index >= 15 is 0 Å². The molecule has 0 spiro atoms. The van der Waals surface area contributed by atoms with Gasteiger partial charge in [-0.25, -0.2) is 4.79 Å². The van der Waals surface area contributed by atoms with Gasteiger partial charge in [0.05, 0.1) is 12.2 Å². The molecule has 0 bridgehead atoms. The van der Waals surface area contributed by atoms with E-state index in [0.29, 0.717) is 24.5 Å². The highest BCUT2D eigenvalue weighted by molar-refractivity contribution is 7.84. The zero-order valence-corrected chi connectivity index (χ0v) is 13.8. The molecule has 2 rings (SSSR count). The third kappa shape index (κ3) is 5.87. The summed E-state index contributed by atoms with van der Waals surface area (Å²) in [6.07, 6.45) is 0.694. The summed E-state index contributed by atoms with van der Waals surface area (Å²) in [5.41, 5.74) is 2.19. The molecule has 122 valence electrons. The average Bonchev–Trinajstić information content (AvgIpc) is 2.53. The molecule has 0 saturated carbocycles. The summed E-state index contributed by atoms with van der Waals surface area (Å²) in [7, 11) is -1.03. The monoisotopic (exact) mass is 332 g/mol. The Hall–Kier alpha value is -2.14. The fourth-order valence-electron chi connectivity index (χ4n) is 2.10. The first-order chi connectivity index (χ1) is 11.0. The Morgan fingerprint density at radius 1 is 1.17 bits per heavy atom. The molecule has 0 fully saturated rings. The van der Waals surface area contributed by atoms with Crippen LogP contribution in [0.25, 0.3) is 0 Å². The van der Waals surface area contributed by atoms with E-state index in [9.17, 15) is 9.00 Å². The Labute approximate surface area is 138 Å². The number of hydrogen-bond acceptors (Lipinski definition) is 3. The number of carboxylic acid groups (broad SMARTS) is 1. The molecule has 0 aliphatic heterocycles. The van der Waals surface area contributed by atoms with E-state index < -0.39 is 16.8 Å². The molecule has 2 aromatic rings. The van der Waals surface area contributed by atoms with Crippen molar-refractivity contribution in [3.63, 3.8) is 0 Å². The number of benzene rings is 2. The summed E-state index contributed by atoms with van der Waals surface area (Å²) < 4.78 is 17.7. The lowest BCUT2D eigenvalue weighted by Gasteiger charge is -2.07. The molecule has 0 radical (unpaired) electrons. The first-order valence-electron chi connectivity index (χ1n) is 7.41. The second-order valence-corrected chi connectivity index (χ2v) is 6.89. The van der Waals surface area contributed by atoms with E-state index in [1.807, 2.05) is 31.2 Å². The Morgan fingerprint density at radius 2 is 1.91 bits per heavy atom. The molecule has 2 aromatic carbocycles. The number of rotatable bonds is 8. The summed E-state index contributed by atoms with van der Waals surface area (Å²) in [6.45, 7) is 2.54. The SMILES string of the molecule is Cc1ccc(OCCCS(=O)Cc2cccc(C(=O)O)c2)cc1. The summed E-state index contributed by atoms with van der Waals surface area (Å²) in [6, 6.07) is 14.4. The van der Waals surface area contributed by atoms with Crippen molar-refractivity contribution in [3.8, 4) is 5.75 Å². The van der Waals surface area contributed by atoms with Crippen LogP contribution in [0, 0.1) is 6.92 Å². The van der Waals surface area contributed by atoms with Crippen molar-refractivity contribution < 1.29 is 18.8 Å². The fraction of sp³-hybridized carbons (Fsp3) is 0.278. The second-order valence-electron chi connectivity index (χ2n) is 5.31. The molecule has 0 amide bonds. The van der Waals surface area contributed by atoms with Crippen molar-refractivity contribution in [3.05, 3.63) is 65.2 Å². The van der Waals surface area contributed by atoms with Crippen LogP contribution in [0.2, 0.25) is 0 Å². The first-order valence-corrected chi connectivity index (χ1v) is 8.90. The van der Waals surface area contributed by atoms with Crippen molar-refractivity contribution in [2.45, 2.75) is 19.1 Å². The zero-order valence-electron chi connectivity index (χ0n) is 13.0. The Bertz CT molecular complexity index is 680. The number of carbonyl (C=O) groups is 1. The third-order valence-corrected chi connectivity index (χ3v) is 4.71. The summed E-state index contributed by atoms with van der Waals surface area (Å²) in [4.78, 5) is 10.9. The third-order valence-electron chi connectivity index (χ3n) is 3.31. The standard InChI is InChI=1S/C18H20O4S/c1-14-6-8-17(9-7-14)22-10-3-11-23(21)13-15-4-2-5-16(12-15)18(19)20/h2,4-9,12H,3,10-11,13H2,1H3,(H,19,20). The maximum Gasteiger partial charge on any atom is 0.335 e. The van der Waals surface area contributed by atoms with Crippen LogP contribution >= 0.6 is 0 Å². The van der Waals surface area contributed by atoms with E-state index in [4.69, 9.17) is 9.84 Å². The highest BCUT2D eigenvalue weighted by Crippen LogP contribution is 2.12. The van der Waals surface area contributed by atoms with Crippen LogP contribution in [0.3, 0.4) is 0 Å². The first kappa shape index (κ1) is 17.2. The van der Waals surface area contributed by atoms with Gasteiger partial charge in [0.2, 0.25) is 0 Å². The van der Waals surface area contributed by atoms with Crippen molar-refractivity contribution in [1.82, 2.24) is 0 Å². The van der Waals surface area contributed by atoms with Gasteiger partial charge in [-0.05, 0) is 43.2 Å². The highest BCUT2D eigenvalue weighted by Gasteiger charge is 2.06. The minimum absolute atomic E-state index is 0.224. The quantitative estimate of drug-likeness (QED) is 0.753. The van der Waals surface area contributed by atoms with Crippen LogP contribution < -0.4 is 4.74 Å². The van der Waals surface area contributed by atoms with Crippen LogP contribution in [0.5, 0.6) is 5.75 Å². The minimum Gasteiger partial charge on any atom is -0.494 e. The minimum atomic E-state index is -1.03. The van der Waals surface area contributed by atoms with Gasteiger partial charge in [0.1, 0.15) is 5.75 Å². The second kappa shape index (κ2) is 8.48. The lowest BCUT2D eigenvalue weighted by atomic mass is 10.1. The van der Waals surface area contributed by atoms with Crippen molar-refractivity contribution >= 4 is 16.8 Å². The fourth-order valence-corrected chi connectivity index (χ4v) is 3.23. The smallest absolute Gasteiger partial charge is 0.335 e. The summed E-state index contributed by atoms with van der Waals surface area (Å²) in [5, 5.41) is 8.95.